The van der Waals surface area contributed by atoms with Crippen molar-refractivity contribution in [1.29, 1.82) is 0 Å². The maximum absolute atomic E-state index is 4.23. The van der Waals surface area contributed by atoms with Gasteiger partial charge in [0.1, 0.15) is 5.82 Å². The first kappa shape index (κ1) is 11.6. The van der Waals surface area contributed by atoms with Gasteiger partial charge in [-0.05, 0) is 39.4 Å². The lowest BCUT2D eigenvalue weighted by Crippen LogP contribution is -2.32. The molecule has 0 saturated carbocycles. The van der Waals surface area contributed by atoms with E-state index >= 15 is 0 Å². The van der Waals surface area contributed by atoms with Crippen LogP contribution >= 0.6 is 0 Å². The number of aromatic amines is 1. The summed E-state index contributed by atoms with van der Waals surface area (Å²) < 4.78 is 0. The Hall–Kier alpha value is -0.870. The van der Waals surface area contributed by atoms with Crippen molar-refractivity contribution in [3.8, 4) is 0 Å². The normalized spacial score (nSPS) is 23.2. The van der Waals surface area contributed by atoms with Crippen LogP contribution in [-0.2, 0) is 6.42 Å². The smallest absolute Gasteiger partial charge is 0.107 e. The zero-order valence-corrected chi connectivity index (χ0v) is 10.1. The molecule has 1 atom stereocenters. The first-order valence-electron chi connectivity index (χ1n) is 6.25. The molecule has 16 heavy (non-hydrogen) atoms. The van der Waals surface area contributed by atoms with Gasteiger partial charge in [0.05, 0.1) is 0 Å². The molecule has 2 rings (SSSR count). The number of aromatic nitrogens is 2. The minimum absolute atomic E-state index is 0.694. The van der Waals surface area contributed by atoms with Crippen molar-refractivity contribution in [3.63, 3.8) is 0 Å². The molecule has 0 radical (unpaired) electrons. The Morgan fingerprint density at radius 3 is 3.25 bits per heavy atom. The van der Waals surface area contributed by atoms with Crippen molar-refractivity contribution >= 4 is 0 Å². The van der Waals surface area contributed by atoms with E-state index in [2.05, 4.69) is 27.2 Å². The highest BCUT2D eigenvalue weighted by Crippen LogP contribution is 2.09. The standard InChI is InChI=1S/C12H22N4/c1-16-9-2-3-11(5-10-16)13-6-4-12-14-7-8-15-12/h7-8,11,13H,2-6,9-10H2,1H3,(H,14,15). The molecule has 0 bridgehead atoms. The first-order chi connectivity index (χ1) is 7.84. The largest absolute Gasteiger partial charge is 0.349 e. The number of H-pyrrole nitrogens is 1. The summed E-state index contributed by atoms with van der Waals surface area (Å²) in [5, 5.41) is 3.63. The molecule has 2 N–H and O–H groups in total. The number of nitrogens with zero attached hydrogens (tertiary/aromatic N) is 2. The third-order valence-corrected chi connectivity index (χ3v) is 3.30. The van der Waals surface area contributed by atoms with Gasteiger partial charge in [-0.25, -0.2) is 4.98 Å². The van der Waals surface area contributed by atoms with E-state index in [1.807, 2.05) is 12.4 Å². The van der Waals surface area contributed by atoms with E-state index in [0.29, 0.717) is 6.04 Å². The molecule has 0 amide bonds. The molecule has 0 spiro atoms. The van der Waals surface area contributed by atoms with Gasteiger partial charge in [0.2, 0.25) is 0 Å². The van der Waals surface area contributed by atoms with Crippen LogP contribution in [0.25, 0.3) is 0 Å². The molecule has 2 heterocycles. The molecule has 1 aromatic heterocycles. The number of rotatable bonds is 4. The van der Waals surface area contributed by atoms with Crippen LogP contribution in [-0.4, -0.2) is 47.6 Å². The zero-order valence-electron chi connectivity index (χ0n) is 10.1. The van der Waals surface area contributed by atoms with Crippen LogP contribution in [0.5, 0.6) is 0 Å². The summed E-state index contributed by atoms with van der Waals surface area (Å²) in [6.07, 6.45) is 8.59. The van der Waals surface area contributed by atoms with Crippen LogP contribution in [0.1, 0.15) is 25.1 Å². The van der Waals surface area contributed by atoms with Gasteiger partial charge in [0.25, 0.3) is 0 Å². The Bertz CT molecular complexity index is 283. The van der Waals surface area contributed by atoms with Crippen LogP contribution in [0.3, 0.4) is 0 Å². The van der Waals surface area contributed by atoms with E-state index < -0.39 is 0 Å². The van der Waals surface area contributed by atoms with Gasteiger partial charge in [0.15, 0.2) is 0 Å². The van der Waals surface area contributed by atoms with Gasteiger partial charge in [0, 0.05) is 31.4 Å². The maximum atomic E-state index is 4.23. The minimum Gasteiger partial charge on any atom is -0.349 e. The summed E-state index contributed by atoms with van der Waals surface area (Å²) in [5.41, 5.74) is 0. The lowest BCUT2D eigenvalue weighted by Gasteiger charge is -2.16. The summed E-state index contributed by atoms with van der Waals surface area (Å²) in [5.74, 6) is 1.08. The Morgan fingerprint density at radius 1 is 1.50 bits per heavy atom. The van der Waals surface area contributed by atoms with Gasteiger partial charge >= 0.3 is 0 Å². The lowest BCUT2D eigenvalue weighted by atomic mass is 10.1. The first-order valence-corrected chi connectivity index (χ1v) is 6.25. The monoisotopic (exact) mass is 222 g/mol. The van der Waals surface area contributed by atoms with E-state index in [0.717, 1.165) is 18.8 Å². The van der Waals surface area contributed by atoms with E-state index in [4.69, 9.17) is 0 Å². The van der Waals surface area contributed by atoms with Crippen LogP contribution in [0, 0.1) is 0 Å². The number of imidazole rings is 1. The average Bonchev–Trinajstić information content (AvgIpc) is 2.70. The molecule has 1 aromatic rings. The molecular weight excluding hydrogens is 200 g/mol. The summed E-state index contributed by atoms with van der Waals surface area (Å²) in [6.45, 7) is 3.50. The molecule has 0 aliphatic carbocycles. The number of nitrogens with one attached hydrogen (secondary N) is 2. The highest BCUT2D eigenvalue weighted by molar-refractivity contribution is 4.88. The van der Waals surface area contributed by atoms with Crippen molar-refractivity contribution in [3.05, 3.63) is 18.2 Å². The lowest BCUT2D eigenvalue weighted by molar-refractivity contribution is 0.344. The van der Waals surface area contributed by atoms with E-state index in [1.165, 1.54) is 32.4 Å². The summed E-state index contributed by atoms with van der Waals surface area (Å²) in [6, 6.07) is 0.694. The number of hydrogen-bond donors (Lipinski definition) is 2. The second-order valence-corrected chi connectivity index (χ2v) is 4.67. The van der Waals surface area contributed by atoms with Crippen LogP contribution < -0.4 is 5.32 Å². The fraction of sp³-hybridized carbons (Fsp3) is 0.750. The fourth-order valence-electron chi connectivity index (χ4n) is 2.27. The van der Waals surface area contributed by atoms with E-state index in [1.54, 1.807) is 0 Å². The molecule has 0 aromatic carbocycles. The molecule has 1 fully saturated rings. The predicted molar refractivity (Wildman–Crippen MR) is 65.4 cm³/mol. The van der Waals surface area contributed by atoms with Gasteiger partial charge in [-0.15, -0.1) is 0 Å². The molecule has 90 valence electrons. The molecule has 1 saturated heterocycles. The van der Waals surface area contributed by atoms with Crippen molar-refractivity contribution in [1.82, 2.24) is 20.2 Å². The average molecular weight is 222 g/mol. The van der Waals surface area contributed by atoms with Crippen molar-refractivity contribution in [2.24, 2.45) is 0 Å². The van der Waals surface area contributed by atoms with Gasteiger partial charge in [-0.3, -0.25) is 0 Å². The topological polar surface area (TPSA) is 44.0 Å². The molecular formula is C12H22N4. The maximum Gasteiger partial charge on any atom is 0.107 e. The van der Waals surface area contributed by atoms with Crippen molar-refractivity contribution in [2.75, 3.05) is 26.7 Å². The van der Waals surface area contributed by atoms with Crippen LogP contribution in [0.4, 0.5) is 0 Å². The van der Waals surface area contributed by atoms with Crippen molar-refractivity contribution in [2.45, 2.75) is 31.7 Å². The molecule has 1 aliphatic rings. The van der Waals surface area contributed by atoms with Gasteiger partial charge in [-0.2, -0.15) is 0 Å². The molecule has 4 nitrogen and oxygen atoms in total. The second-order valence-electron chi connectivity index (χ2n) is 4.67. The quantitative estimate of drug-likeness (QED) is 0.799. The highest BCUT2D eigenvalue weighted by atomic mass is 15.1. The Balaban J connectivity index is 1.65. The van der Waals surface area contributed by atoms with E-state index in [-0.39, 0.29) is 0 Å². The predicted octanol–water partition coefficient (Wildman–Crippen LogP) is 1.03. The SMILES string of the molecule is CN1CCCC(NCCc2ncc[nH]2)CC1. The van der Waals surface area contributed by atoms with Gasteiger partial charge in [-0.1, -0.05) is 0 Å². The molecule has 1 aliphatic heterocycles. The summed E-state index contributed by atoms with van der Waals surface area (Å²) in [4.78, 5) is 9.79. The second kappa shape index (κ2) is 6.01. The van der Waals surface area contributed by atoms with E-state index in [9.17, 15) is 0 Å². The van der Waals surface area contributed by atoms with Gasteiger partial charge < -0.3 is 15.2 Å². The Kier molecular flexibility index (Phi) is 4.36. The zero-order chi connectivity index (χ0) is 11.2. The Labute approximate surface area is 97.4 Å². The fourth-order valence-corrected chi connectivity index (χ4v) is 2.27. The molecule has 4 heteroatoms. The van der Waals surface area contributed by atoms with Crippen LogP contribution in [0.2, 0.25) is 0 Å². The minimum atomic E-state index is 0.694. The third kappa shape index (κ3) is 3.61. The molecule has 1 unspecified atom stereocenters. The number of likely N-dealkylation sites (tertiary alicyclic amines) is 1. The van der Waals surface area contributed by atoms with Crippen molar-refractivity contribution < 1.29 is 0 Å². The van der Waals surface area contributed by atoms with Crippen LogP contribution in [0.15, 0.2) is 12.4 Å². The number of hydrogen-bond acceptors (Lipinski definition) is 3. The Morgan fingerprint density at radius 2 is 2.44 bits per heavy atom. The summed E-state index contributed by atoms with van der Waals surface area (Å²) in [7, 11) is 2.21. The summed E-state index contributed by atoms with van der Waals surface area (Å²) >= 11 is 0. The highest BCUT2D eigenvalue weighted by Gasteiger charge is 2.13. The third-order valence-electron chi connectivity index (χ3n) is 3.30.